The second kappa shape index (κ2) is 4.75. The van der Waals surface area contributed by atoms with Crippen molar-refractivity contribution in [2.24, 2.45) is 0 Å². The molecule has 0 aromatic heterocycles. The molecule has 0 aliphatic rings. The minimum Gasteiger partial charge on any atom is -0.507 e. The highest BCUT2D eigenvalue weighted by molar-refractivity contribution is 14.1. The Bertz CT molecular complexity index is 564. The van der Waals surface area contributed by atoms with Gasteiger partial charge in [-0.1, -0.05) is 30.3 Å². The lowest BCUT2D eigenvalue weighted by atomic mass is 10.0. The van der Waals surface area contributed by atoms with Crippen LogP contribution in [0.4, 0.5) is 0 Å². The summed E-state index contributed by atoms with van der Waals surface area (Å²) in [6, 6.07) is 11.5. The van der Waals surface area contributed by atoms with Crippen molar-refractivity contribution in [1.82, 2.24) is 0 Å². The van der Waals surface area contributed by atoms with Gasteiger partial charge in [0, 0.05) is 5.56 Å². The molecule has 0 amide bonds. The van der Waals surface area contributed by atoms with Gasteiger partial charge in [-0.05, 0) is 34.7 Å². The fourth-order valence-corrected chi connectivity index (χ4v) is 1.95. The first-order valence-corrected chi connectivity index (χ1v) is 5.99. The Hall–Kier alpha value is -1.56. The van der Waals surface area contributed by atoms with Crippen LogP contribution in [0.5, 0.6) is 11.5 Å². The van der Waals surface area contributed by atoms with Crippen LogP contribution in [0.3, 0.4) is 0 Å². The zero-order valence-corrected chi connectivity index (χ0v) is 10.9. The summed E-state index contributed by atoms with van der Waals surface area (Å²) < 4.78 is 0.282. The molecule has 86 valence electrons. The normalized spacial score (nSPS) is 10.2. The Kier molecular flexibility index (Phi) is 3.33. The van der Waals surface area contributed by atoms with E-state index in [1.54, 1.807) is 46.9 Å². The van der Waals surface area contributed by atoms with Gasteiger partial charge in [0.25, 0.3) is 0 Å². The number of rotatable bonds is 2. The van der Waals surface area contributed by atoms with Gasteiger partial charge in [0.1, 0.15) is 11.5 Å². The summed E-state index contributed by atoms with van der Waals surface area (Å²) >= 11 is 1.80. The maximum absolute atomic E-state index is 12.1. The van der Waals surface area contributed by atoms with Crippen LogP contribution in [0.2, 0.25) is 0 Å². The molecule has 3 nitrogen and oxygen atoms in total. The molecule has 2 aromatic rings. The largest absolute Gasteiger partial charge is 0.507 e. The molecular weight excluding hydrogens is 331 g/mol. The van der Waals surface area contributed by atoms with E-state index in [9.17, 15) is 15.0 Å². The lowest BCUT2D eigenvalue weighted by Crippen LogP contribution is -2.02. The van der Waals surface area contributed by atoms with Crippen LogP contribution in [0.25, 0.3) is 0 Å². The zero-order valence-electron chi connectivity index (χ0n) is 8.72. The summed E-state index contributed by atoms with van der Waals surface area (Å²) in [5, 5.41) is 19.2. The fraction of sp³-hybridized carbons (Fsp3) is 0. The van der Waals surface area contributed by atoms with Crippen molar-refractivity contribution in [2.75, 3.05) is 0 Å². The van der Waals surface area contributed by atoms with E-state index in [2.05, 4.69) is 0 Å². The predicted octanol–water partition coefficient (Wildman–Crippen LogP) is 2.93. The molecule has 2 aromatic carbocycles. The van der Waals surface area contributed by atoms with Crippen molar-refractivity contribution < 1.29 is 15.0 Å². The van der Waals surface area contributed by atoms with E-state index in [4.69, 9.17) is 0 Å². The van der Waals surface area contributed by atoms with Crippen molar-refractivity contribution in [2.45, 2.75) is 0 Å². The topological polar surface area (TPSA) is 57.5 Å². The average molecular weight is 340 g/mol. The van der Waals surface area contributed by atoms with Crippen molar-refractivity contribution >= 4 is 28.4 Å². The van der Waals surface area contributed by atoms with Gasteiger partial charge in [-0.25, -0.2) is 0 Å². The quantitative estimate of drug-likeness (QED) is 0.653. The lowest BCUT2D eigenvalue weighted by Gasteiger charge is -2.06. The van der Waals surface area contributed by atoms with E-state index in [0.717, 1.165) is 0 Å². The second-order valence-corrected chi connectivity index (χ2v) is 4.57. The summed E-state index contributed by atoms with van der Waals surface area (Å²) in [7, 11) is 0. The van der Waals surface area contributed by atoms with E-state index in [-0.39, 0.29) is 26.4 Å². The molecule has 0 spiro atoms. The van der Waals surface area contributed by atoms with Crippen LogP contribution in [0.1, 0.15) is 15.9 Å². The molecule has 2 N–H and O–H groups in total. The Morgan fingerprint density at radius 2 is 1.65 bits per heavy atom. The molecule has 0 bridgehead atoms. The van der Waals surface area contributed by atoms with Gasteiger partial charge in [0.15, 0.2) is 5.78 Å². The summed E-state index contributed by atoms with van der Waals surface area (Å²) in [4.78, 5) is 12.1. The van der Waals surface area contributed by atoms with E-state index < -0.39 is 0 Å². The highest BCUT2D eigenvalue weighted by atomic mass is 127. The molecule has 2 rings (SSSR count). The minimum absolute atomic E-state index is 0.0345. The zero-order chi connectivity index (χ0) is 12.4. The molecule has 0 saturated carbocycles. The van der Waals surface area contributed by atoms with Crippen molar-refractivity contribution in [3.05, 3.63) is 57.2 Å². The minimum atomic E-state index is -0.263. The van der Waals surface area contributed by atoms with E-state index in [1.165, 1.54) is 12.1 Å². The van der Waals surface area contributed by atoms with Crippen LogP contribution in [-0.2, 0) is 0 Å². The SMILES string of the molecule is O=C(c1ccccc1)c1ccc(O)c(I)c1O. The highest BCUT2D eigenvalue weighted by Gasteiger charge is 2.17. The van der Waals surface area contributed by atoms with Crippen molar-refractivity contribution in [1.29, 1.82) is 0 Å². The van der Waals surface area contributed by atoms with Gasteiger partial charge in [-0.3, -0.25) is 4.79 Å². The third-order valence-corrected chi connectivity index (χ3v) is 3.44. The van der Waals surface area contributed by atoms with Gasteiger partial charge in [-0.15, -0.1) is 0 Å². The molecule has 17 heavy (non-hydrogen) atoms. The number of hydrogen-bond acceptors (Lipinski definition) is 3. The first kappa shape index (κ1) is 11.9. The van der Waals surface area contributed by atoms with Crippen LogP contribution < -0.4 is 0 Å². The summed E-state index contributed by atoms with van der Waals surface area (Å²) in [5.74, 6) is -0.479. The van der Waals surface area contributed by atoms with Gasteiger partial charge < -0.3 is 10.2 Å². The first-order valence-electron chi connectivity index (χ1n) is 4.91. The van der Waals surface area contributed by atoms with E-state index in [1.807, 2.05) is 6.07 Å². The Balaban J connectivity index is 2.49. The molecule has 4 heteroatoms. The molecule has 0 unspecified atom stereocenters. The number of phenolic OH excluding ortho intramolecular Hbond substituents is 2. The maximum Gasteiger partial charge on any atom is 0.196 e. The third kappa shape index (κ3) is 2.26. The van der Waals surface area contributed by atoms with Gasteiger partial charge in [0.05, 0.1) is 9.13 Å². The predicted molar refractivity (Wildman–Crippen MR) is 72.4 cm³/mol. The number of aromatic hydroxyl groups is 2. The monoisotopic (exact) mass is 340 g/mol. The number of phenols is 2. The number of hydrogen-bond donors (Lipinski definition) is 2. The molecule has 0 fully saturated rings. The number of halogens is 1. The standard InChI is InChI=1S/C13H9IO3/c14-11-10(15)7-6-9(13(11)17)12(16)8-4-2-1-3-5-8/h1-7,15,17H. The summed E-state index contributed by atoms with van der Waals surface area (Å²) in [6.45, 7) is 0. The average Bonchev–Trinajstić information content (AvgIpc) is 2.36. The van der Waals surface area contributed by atoms with Crippen LogP contribution in [0, 0.1) is 3.57 Å². The highest BCUT2D eigenvalue weighted by Crippen LogP contribution is 2.32. The summed E-state index contributed by atoms with van der Waals surface area (Å²) in [6.07, 6.45) is 0. The first-order chi connectivity index (χ1) is 8.11. The Morgan fingerprint density at radius 3 is 2.29 bits per heavy atom. The van der Waals surface area contributed by atoms with Crippen molar-refractivity contribution in [3.8, 4) is 11.5 Å². The summed E-state index contributed by atoms with van der Waals surface area (Å²) in [5.41, 5.74) is 0.697. The molecule has 0 aliphatic carbocycles. The lowest BCUT2D eigenvalue weighted by molar-refractivity contribution is 0.103. The van der Waals surface area contributed by atoms with Crippen LogP contribution >= 0.6 is 22.6 Å². The number of benzene rings is 2. The molecule has 0 atom stereocenters. The third-order valence-electron chi connectivity index (χ3n) is 2.38. The molecule has 0 saturated heterocycles. The molecule has 0 heterocycles. The molecule has 0 radical (unpaired) electrons. The smallest absolute Gasteiger partial charge is 0.196 e. The van der Waals surface area contributed by atoms with Gasteiger partial charge >= 0.3 is 0 Å². The van der Waals surface area contributed by atoms with Gasteiger partial charge in [0.2, 0.25) is 0 Å². The van der Waals surface area contributed by atoms with Crippen LogP contribution in [0.15, 0.2) is 42.5 Å². The maximum atomic E-state index is 12.1. The molecular formula is C13H9IO3. The fourth-order valence-electron chi connectivity index (χ4n) is 1.48. The van der Waals surface area contributed by atoms with E-state index in [0.29, 0.717) is 5.56 Å². The number of carbonyl (C=O) groups is 1. The van der Waals surface area contributed by atoms with Gasteiger partial charge in [-0.2, -0.15) is 0 Å². The molecule has 0 aliphatic heterocycles. The van der Waals surface area contributed by atoms with Crippen LogP contribution in [-0.4, -0.2) is 16.0 Å². The second-order valence-electron chi connectivity index (χ2n) is 3.49. The Morgan fingerprint density at radius 1 is 1.00 bits per heavy atom. The number of carbonyl (C=O) groups excluding carboxylic acids is 1. The van der Waals surface area contributed by atoms with E-state index >= 15 is 0 Å². The number of ketones is 1. The Labute approximate surface area is 112 Å². The van der Waals surface area contributed by atoms with Crippen molar-refractivity contribution in [3.63, 3.8) is 0 Å².